The molecular formula is C21H27FN2O5S. The number of esters is 1. The molecule has 1 aromatic heterocycles. The van der Waals surface area contributed by atoms with E-state index < -0.39 is 34.1 Å². The van der Waals surface area contributed by atoms with Crippen LogP contribution in [0.25, 0.3) is 0 Å². The van der Waals surface area contributed by atoms with Crippen LogP contribution in [0.5, 0.6) is 0 Å². The largest absolute Gasteiger partial charge is 0.461 e. The van der Waals surface area contributed by atoms with Crippen LogP contribution in [0.1, 0.15) is 52.9 Å². The summed E-state index contributed by atoms with van der Waals surface area (Å²) in [6, 6.07) is 4.48. The predicted molar refractivity (Wildman–Crippen MR) is 111 cm³/mol. The van der Waals surface area contributed by atoms with E-state index in [0.29, 0.717) is 11.3 Å². The van der Waals surface area contributed by atoms with Gasteiger partial charge in [0.15, 0.2) is 5.78 Å². The zero-order valence-electron chi connectivity index (χ0n) is 17.8. The van der Waals surface area contributed by atoms with E-state index in [-0.39, 0.29) is 35.2 Å². The molecule has 2 rings (SSSR count). The monoisotopic (exact) mass is 438 g/mol. The molecule has 9 heteroatoms. The number of carbonyl (C=O) groups excluding carboxylic acids is 2. The molecule has 0 saturated heterocycles. The summed E-state index contributed by atoms with van der Waals surface area (Å²) in [7, 11) is -4.02. The molecular weight excluding hydrogens is 411 g/mol. The number of ether oxygens (including phenoxy) is 1. The molecule has 1 N–H and O–H groups in total. The van der Waals surface area contributed by atoms with Crippen LogP contribution in [0.2, 0.25) is 0 Å². The molecule has 2 aromatic rings. The van der Waals surface area contributed by atoms with Crippen molar-refractivity contribution in [3.05, 3.63) is 52.6 Å². The zero-order valence-corrected chi connectivity index (χ0v) is 18.6. The molecule has 0 aliphatic carbocycles. The Kier molecular flexibility index (Phi) is 7.54. The van der Waals surface area contributed by atoms with E-state index in [4.69, 9.17) is 4.74 Å². The summed E-state index contributed by atoms with van der Waals surface area (Å²) in [4.78, 5) is 27.9. The van der Waals surface area contributed by atoms with Crippen LogP contribution in [-0.2, 0) is 14.8 Å². The number of rotatable bonds is 9. The van der Waals surface area contributed by atoms with Crippen LogP contribution >= 0.6 is 0 Å². The number of aromatic nitrogens is 1. The van der Waals surface area contributed by atoms with Gasteiger partial charge in [0.2, 0.25) is 10.0 Å². The number of sulfonamides is 1. The summed E-state index contributed by atoms with van der Waals surface area (Å²) in [5.41, 5.74) is 1.32. The number of carbonyl (C=O) groups is 2. The molecule has 0 fully saturated rings. The van der Waals surface area contributed by atoms with E-state index in [2.05, 4.69) is 4.98 Å². The first kappa shape index (κ1) is 23.8. The molecule has 0 aliphatic heterocycles. The average molecular weight is 439 g/mol. The van der Waals surface area contributed by atoms with Crippen molar-refractivity contribution >= 4 is 21.8 Å². The highest BCUT2D eigenvalue weighted by Gasteiger charge is 2.30. The fraction of sp³-hybridized carbons (Fsp3) is 0.429. The van der Waals surface area contributed by atoms with Crippen LogP contribution in [0.3, 0.4) is 0 Å². The van der Waals surface area contributed by atoms with E-state index >= 15 is 0 Å². The average Bonchev–Trinajstić information content (AvgIpc) is 2.95. The third-order valence-corrected chi connectivity index (χ3v) is 6.36. The SMILES string of the molecule is CCOC(=O)c1[nH]c(C)c(C(=O)CN(CC(C)C)S(=O)(=O)c2ccc(F)cc2)c1C. The summed E-state index contributed by atoms with van der Waals surface area (Å²) in [5, 5.41) is 0. The number of nitrogens with zero attached hydrogens (tertiary/aromatic N) is 1. The molecule has 0 spiro atoms. The van der Waals surface area contributed by atoms with Crippen molar-refractivity contribution in [1.82, 2.24) is 9.29 Å². The van der Waals surface area contributed by atoms with E-state index in [1.807, 2.05) is 13.8 Å². The molecule has 30 heavy (non-hydrogen) atoms. The maximum absolute atomic E-state index is 13.2. The van der Waals surface area contributed by atoms with Gasteiger partial charge in [-0.25, -0.2) is 17.6 Å². The Morgan fingerprint density at radius 1 is 1.17 bits per heavy atom. The number of H-pyrrole nitrogens is 1. The summed E-state index contributed by atoms with van der Waals surface area (Å²) < 4.78 is 45.5. The van der Waals surface area contributed by atoms with E-state index in [1.165, 1.54) is 12.1 Å². The first-order valence-electron chi connectivity index (χ1n) is 9.64. The number of hydrogen-bond acceptors (Lipinski definition) is 5. The quantitative estimate of drug-likeness (QED) is 0.478. The van der Waals surface area contributed by atoms with Gasteiger partial charge in [-0.05, 0) is 56.5 Å². The smallest absolute Gasteiger partial charge is 0.355 e. The number of benzene rings is 1. The maximum Gasteiger partial charge on any atom is 0.355 e. The van der Waals surface area contributed by atoms with E-state index in [0.717, 1.165) is 16.4 Å². The highest BCUT2D eigenvalue weighted by Crippen LogP contribution is 2.23. The van der Waals surface area contributed by atoms with Crippen LogP contribution in [0.4, 0.5) is 4.39 Å². The second kappa shape index (κ2) is 9.53. The van der Waals surface area contributed by atoms with Crippen LogP contribution < -0.4 is 0 Å². The molecule has 0 unspecified atom stereocenters. The van der Waals surface area contributed by atoms with E-state index in [9.17, 15) is 22.4 Å². The summed E-state index contributed by atoms with van der Waals surface area (Å²) in [5.74, 6) is -1.61. The lowest BCUT2D eigenvalue weighted by molar-refractivity contribution is 0.0519. The first-order valence-corrected chi connectivity index (χ1v) is 11.1. The lowest BCUT2D eigenvalue weighted by atomic mass is 10.1. The van der Waals surface area contributed by atoms with Gasteiger partial charge >= 0.3 is 5.97 Å². The fourth-order valence-electron chi connectivity index (χ4n) is 3.23. The molecule has 0 bridgehead atoms. The highest BCUT2D eigenvalue weighted by molar-refractivity contribution is 7.89. The van der Waals surface area contributed by atoms with Crippen LogP contribution in [0.15, 0.2) is 29.2 Å². The number of hydrogen-bond donors (Lipinski definition) is 1. The molecule has 0 atom stereocenters. The minimum atomic E-state index is -4.02. The standard InChI is InChI=1S/C21H27FN2O5S/c1-6-29-21(26)20-14(4)19(15(5)23-20)18(25)12-24(11-13(2)3)30(27,28)17-9-7-16(22)8-10-17/h7-10,13,23H,6,11-12H2,1-5H3. The number of Topliss-reactive ketones (excluding diaryl/α,β-unsaturated/α-hetero) is 1. The number of aromatic amines is 1. The van der Waals surface area contributed by atoms with Gasteiger partial charge in [0.05, 0.1) is 18.0 Å². The third-order valence-electron chi connectivity index (χ3n) is 4.54. The Morgan fingerprint density at radius 3 is 2.30 bits per heavy atom. The van der Waals surface area contributed by atoms with Crippen molar-refractivity contribution in [1.29, 1.82) is 0 Å². The minimum absolute atomic E-state index is 0.0449. The van der Waals surface area contributed by atoms with Crippen molar-refractivity contribution in [2.45, 2.75) is 39.5 Å². The van der Waals surface area contributed by atoms with Crippen molar-refractivity contribution in [2.24, 2.45) is 5.92 Å². The number of ketones is 1. The topological polar surface area (TPSA) is 96.5 Å². The van der Waals surface area contributed by atoms with Crippen molar-refractivity contribution < 1.29 is 27.1 Å². The Balaban J connectivity index is 2.39. The second-order valence-corrected chi connectivity index (χ2v) is 9.35. The van der Waals surface area contributed by atoms with Crippen molar-refractivity contribution in [3.8, 4) is 0 Å². The fourth-order valence-corrected chi connectivity index (χ4v) is 4.79. The predicted octanol–water partition coefficient (Wildman–Crippen LogP) is 3.48. The number of nitrogens with one attached hydrogen (secondary N) is 1. The Bertz CT molecular complexity index is 1030. The number of aryl methyl sites for hydroxylation is 1. The lowest BCUT2D eigenvalue weighted by Gasteiger charge is -2.23. The molecule has 0 amide bonds. The lowest BCUT2D eigenvalue weighted by Crippen LogP contribution is -2.38. The van der Waals surface area contributed by atoms with Crippen LogP contribution in [-0.4, -0.2) is 49.2 Å². The molecule has 7 nitrogen and oxygen atoms in total. The molecule has 1 aromatic carbocycles. The van der Waals surface area contributed by atoms with Gasteiger partial charge in [-0.1, -0.05) is 13.8 Å². The molecule has 164 valence electrons. The Labute approximate surface area is 176 Å². The van der Waals surface area contributed by atoms with Crippen molar-refractivity contribution in [2.75, 3.05) is 19.7 Å². The van der Waals surface area contributed by atoms with E-state index in [1.54, 1.807) is 20.8 Å². The third kappa shape index (κ3) is 5.14. The molecule has 0 saturated carbocycles. The molecule has 0 aliphatic rings. The van der Waals surface area contributed by atoms with Gasteiger partial charge < -0.3 is 9.72 Å². The van der Waals surface area contributed by atoms with Gasteiger partial charge in [-0.15, -0.1) is 0 Å². The summed E-state index contributed by atoms with van der Waals surface area (Å²) in [6.45, 7) is 8.51. The second-order valence-electron chi connectivity index (χ2n) is 7.41. The summed E-state index contributed by atoms with van der Waals surface area (Å²) in [6.07, 6.45) is 0. The zero-order chi connectivity index (χ0) is 22.6. The minimum Gasteiger partial charge on any atom is -0.461 e. The highest BCUT2D eigenvalue weighted by atomic mass is 32.2. The maximum atomic E-state index is 13.2. The summed E-state index contributed by atoms with van der Waals surface area (Å²) >= 11 is 0. The van der Waals surface area contributed by atoms with Gasteiger partial charge in [0, 0.05) is 17.8 Å². The van der Waals surface area contributed by atoms with Gasteiger partial charge in [-0.3, -0.25) is 4.79 Å². The van der Waals surface area contributed by atoms with Crippen molar-refractivity contribution in [3.63, 3.8) is 0 Å². The van der Waals surface area contributed by atoms with Gasteiger partial charge in [-0.2, -0.15) is 4.31 Å². The molecule has 1 heterocycles. The first-order chi connectivity index (χ1) is 14.0. The normalized spacial score (nSPS) is 11.9. The number of halogens is 1. The Hall–Kier alpha value is -2.52. The Morgan fingerprint density at radius 2 is 1.77 bits per heavy atom. The van der Waals surface area contributed by atoms with Gasteiger partial charge in [0.25, 0.3) is 0 Å². The van der Waals surface area contributed by atoms with Gasteiger partial charge in [0.1, 0.15) is 11.5 Å². The van der Waals surface area contributed by atoms with Crippen LogP contribution in [0, 0.1) is 25.6 Å². The molecule has 0 radical (unpaired) electrons.